The van der Waals surface area contributed by atoms with Crippen LogP contribution in [-0.4, -0.2) is 45.1 Å². The van der Waals surface area contributed by atoms with Crippen molar-refractivity contribution in [2.45, 2.75) is 25.3 Å². The summed E-state index contributed by atoms with van der Waals surface area (Å²) >= 11 is 0. The lowest BCUT2D eigenvalue weighted by molar-refractivity contribution is 0.290. The van der Waals surface area contributed by atoms with E-state index in [1.165, 1.54) is 4.31 Å². The van der Waals surface area contributed by atoms with E-state index in [1.54, 1.807) is 44.5 Å². The van der Waals surface area contributed by atoms with Crippen molar-refractivity contribution in [3.05, 3.63) is 72.6 Å². The molecule has 0 aliphatic carbocycles. The van der Waals surface area contributed by atoms with Gasteiger partial charge in [0.25, 0.3) is 10.0 Å². The van der Waals surface area contributed by atoms with Crippen LogP contribution in [0.1, 0.15) is 19.5 Å². The highest BCUT2D eigenvalue weighted by molar-refractivity contribution is 7.92. The Morgan fingerprint density at radius 3 is 2.30 bits per heavy atom. The van der Waals surface area contributed by atoms with Crippen LogP contribution in [0.4, 0.5) is 5.69 Å². The Kier molecular flexibility index (Phi) is 6.84. The van der Waals surface area contributed by atoms with Crippen molar-refractivity contribution in [2.24, 2.45) is 0 Å². The molecule has 0 N–H and O–H groups in total. The molecule has 0 atom stereocenters. The number of para-hydroxylation sites is 1. The summed E-state index contributed by atoms with van der Waals surface area (Å²) in [6, 6.07) is 18.1. The van der Waals surface area contributed by atoms with Crippen molar-refractivity contribution in [3.8, 4) is 11.4 Å². The van der Waals surface area contributed by atoms with Crippen molar-refractivity contribution in [1.82, 2.24) is 9.47 Å². The molecule has 0 amide bonds. The molecule has 3 aromatic rings. The Morgan fingerprint density at radius 2 is 1.67 bits per heavy atom. The zero-order valence-corrected chi connectivity index (χ0v) is 18.8. The van der Waals surface area contributed by atoms with Crippen LogP contribution in [0.3, 0.4) is 0 Å². The first-order valence-electron chi connectivity index (χ1n) is 10.0. The molecule has 6 nitrogen and oxygen atoms in total. The predicted molar refractivity (Wildman–Crippen MR) is 121 cm³/mol. The largest absolute Gasteiger partial charge is 0.495 e. The molecule has 3 rings (SSSR count). The molecule has 0 radical (unpaired) electrons. The average molecular weight is 428 g/mol. The number of hydrogen-bond donors (Lipinski definition) is 0. The normalized spacial score (nSPS) is 11.6. The lowest BCUT2D eigenvalue weighted by Crippen LogP contribution is -2.26. The standard InChI is InChI=1S/C23H29N3O3S/c1-5-25(6-2)18-20-13-10-16-26(20)22-15-14-21(17-23(22)29-4)30(27,28)24(3)19-11-8-7-9-12-19/h7-17H,5-6,18H2,1-4H3. The molecule has 7 heteroatoms. The zero-order chi connectivity index (χ0) is 21.7. The lowest BCUT2D eigenvalue weighted by atomic mass is 10.2. The van der Waals surface area contributed by atoms with Crippen LogP contribution in [0, 0.1) is 0 Å². The number of benzene rings is 2. The van der Waals surface area contributed by atoms with Crippen molar-refractivity contribution in [1.29, 1.82) is 0 Å². The third-order valence-corrected chi connectivity index (χ3v) is 7.08. The molecule has 30 heavy (non-hydrogen) atoms. The van der Waals surface area contributed by atoms with Crippen molar-refractivity contribution < 1.29 is 13.2 Å². The van der Waals surface area contributed by atoms with Crippen molar-refractivity contribution in [2.75, 3.05) is 31.6 Å². The number of nitrogens with zero attached hydrogens (tertiary/aromatic N) is 3. The van der Waals surface area contributed by atoms with Crippen LogP contribution < -0.4 is 9.04 Å². The number of anilines is 1. The minimum absolute atomic E-state index is 0.187. The van der Waals surface area contributed by atoms with Gasteiger partial charge in [-0.3, -0.25) is 9.21 Å². The van der Waals surface area contributed by atoms with Gasteiger partial charge < -0.3 is 9.30 Å². The van der Waals surface area contributed by atoms with Gasteiger partial charge in [0.15, 0.2) is 0 Å². The number of hydrogen-bond acceptors (Lipinski definition) is 4. The summed E-state index contributed by atoms with van der Waals surface area (Å²) in [6.45, 7) is 7.00. The molecule has 0 bridgehead atoms. The van der Waals surface area contributed by atoms with Crippen molar-refractivity contribution in [3.63, 3.8) is 0 Å². The summed E-state index contributed by atoms with van der Waals surface area (Å²) in [5.41, 5.74) is 2.53. The molecule has 0 aliphatic rings. The van der Waals surface area contributed by atoms with Crippen LogP contribution in [0.15, 0.2) is 71.8 Å². The van der Waals surface area contributed by atoms with E-state index in [2.05, 4.69) is 29.4 Å². The maximum Gasteiger partial charge on any atom is 0.264 e. The topological polar surface area (TPSA) is 54.8 Å². The Bertz CT molecular complexity index is 1070. The van der Waals surface area contributed by atoms with E-state index in [0.717, 1.165) is 31.0 Å². The molecule has 160 valence electrons. The summed E-state index contributed by atoms with van der Waals surface area (Å²) in [5, 5.41) is 0. The second kappa shape index (κ2) is 9.36. The third kappa shape index (κ3) is 4.37. The smallest absolute Gasteiger partial charge is 0.264 e. The number of rotatable bonds is 9. The van der Waals surface area contributed by atoms with Crippen molar-refractivity contribution >= 4 is 15.7 Å². The van der Waals surface area contributed by atoms with E-state index in [9.17, 15) is 8.42 Å². The fourth-order valence-corrected chi connectivity index (χ4v) is 4.62. The van der Waals surface area contributed by atoms with Gasteiger partial charge in [-0.15, -0.1) is 0 Å². The third-order valence-electron chi connectivity index (χ3n) is 5.30. The molecular weight excluding hydrogens is 398 g/mol. The first-order valence-corrected chi connectivity index (χ1v) is 11.5. The van der Waals surface area contributed by atoms with Gasteiger partial charge in [-0.1, -0.05) is 32.0 Å². The van der Waals surface area contributed by atoms with Gasteiger partial charge in [-0.25, -0.2) is 8.42 Å². The summed E-state index contributed by atoms with van der Waals surface area (Å²) in [6.07, 6.45) is 1.97. The van der Waals surface area contributed by atoms with Gasteiger partial charge in [0.1, 0.15) is 5.75 Å². The van der Waals surface area contributed by atoms with Crippen LogP contribution in [-0.2, 0) is 16.6 Å². The first kappa shape index (κ1) is 21.9. The Morgan fingerprint density at radius 1 is 0.967 bits per heavy atom. The van der Waals surface area contributed by atoms with Gasteiger partial charge in [-0.05, 0) is 49.5 Å². The number of sulfonamides is 1. The van der Waals surface area contributed by atoms with Gasteiger partial charge in [0.2, 0.25) is 0 Å². The quantitative estimate of drug-likeness (QED) is 0.515. The number of methoxy groups -OCH3 is 1. The minimum atomic E-state index is -3.71. The second-order valence-electron chi connectivity index (χ2n) is 6.97. The first-order chi connectivity index (χ1) is 14.4. The van der Waals surface area contributed by atoms with E-state index in [4.69, 9.17) is 4.74 Å². The second-order valence-corrected chi connectivity index (χ2v) is 8.94. The van der Waals surface area contributed by atoms with Crippen LogP contribution >= 0.6 is 0 Å². The SMILES string of the molecule is CCN(CC)Cc1cccn1-c1ccc(S(=O)(=O)N(C)c2ccccc2)cc1OC. The average Bonchev–Trinajstić information content (AvgIpc) is 3.24. The fourth-order valence-electron chi connectivity index (χ4n) is 3.41. The fraction of sp³-hybridized carbons (Fsp3) is 0.304. The highest BCUT2D eigenvalue weighted by Crippen LogP contribution is 2.30. The van der Waals surface area contributed by atoms with E-state index in [1.807, 2.05) is 30.5 Å². The molecule has 0 saturated heterocycles. The molecule has 1 heterocycles. The van der Waals surface area contributed by atoms with Crippen LogP contribution in [0.25, 0.3) is 5.69 Å². The maximum atomic E-state index is 13.1. The van der Waals surface area contributed by atoms with E-state index in [0.29, 0.717) is 11.4 Å². The molecule has 0 spiro atoms. The number of ether oxygens (including phenoxy) is 1. The monoisotopic (exact) mass is 427 g/mol. The maximum absolute atomic E-state index is 13.1. The molecule has 1 aromatic heterocycles. The minimum Gasteiger partial charge on any atom is -0.495 e. The van der Waals surface area contributed by atoms with Gasteiger partial charge >= 0.3 is 0 Å². The summed E-state index contributed by atoms with van der Waals surface area (Å²) in [7, 11) is -0.597. The summed E-state index contributed by atoms with van der Waals surface area (Å²) in [4.78, 5) is 2.51. The highest BCUT2D eigenvalue weighted by Gasteiger charge is 2.23. The number of aromatic nitrogens is 1. The predicted octanol–water partition coefficient (Wildman–Crippen LogP) is 4.15. The van der Waals surface area contributed by atoms with Crippen LogP contribution in [0.5, 0.6) is 5.75 Å². The Balaban J connectivity index is 1.98. The zero-order valence-electron chi connectivity index (χ0n) is 17.9. The lowest BCUT2D eigenvalue weighted by Gasteiger charge is -2.22. The molecule has 0 saturated carbocycles. The molecule has 2 aromatic carbocycles. The van der Waals surface area contributed by atoms with E-state index < -0.39 is 10.0 Å². The summed E-state index contributed by atoms with van der Waals surface area (Å²) < 4.78 is 35.2. The summed E-state index contributed by atoms with van der Waals surface area (Å²) in [5.74, 6) is 0.509. The van der Waals surface area contributed by atoms with Gasteiger partial charge in [0, 0.05) is 31.5 Å². The molecular formula is C23H29N3O3S. The molecule has 0 fully saturated rings. The molecule has 0 unspecified atom stereocenters. The Labute approximate surface area is 179 Å². The van der Waals surface area contributed by atoms with Gasteiger partial charge in [0.05, 0.1) is 23.4 Å². The Hall–Kier alpha value is -2.77. The van der Waals surface area contributed by atoms with Gasteiger partial charge in [-0.2, -0.15) is 0 Å². The molecule has 0 aliphatic heterocycles. The van der Waals surface area contributed by atoms with E-state index in [-0.39, 0.29) is 4.90 Å². The van der Waals surface area contributed by atoms with Crippen LogP contribution in [0.2, 0.25) is 0 Å². The highest BCUT2D eigenvalue weighted by atomic mass is 32.2. The van der Waals surface area contributed by atoms with E-state index >= 15 is 0 Å².